The molecule has 2 aromatic carbocycles. The number of amides is 2. The molecule has 0 aliphatic carbocycles. The molecule has 0 aromatic heterocycles. The molecule has 3 rings (SSSR count). The van der Waals surface area contributed by atoms with Crippen LogP contribution in [0.25, 0.3) is 0 Å². The van der Waals surface area contributed by atoms with Crippen molar-refractivity contribution in [3.05, 3.63) is 58.6 Å². The summed E-state index contributed by atoms with van der Waals surface area (Å²) in [5, 5.41) is 5.81. The third-order valence-electron chi connectivity index (χ3n) is 5.23. The van der Waals surface area contributed by atoms with Gasteiger partial charge in [0.25, 0.3) is 0 Å². The van der Waals surface area contributed by atoms with E-state index in [1.807, 2.05) is 0 Å². The van der Waals surface area contributed by atoms with Crippen LogP contribution in [0.5, 0.6) is 0 Å². The first-order valence-corrected chi connectivity index (χ1v) is 10.2. The van der Waals surface area contributed by atoms with Crippen LogP contribution < -0.4 is 15.5 Å². The molecule has 0 saturated carbocycles. The number of nitrogens with one attached hydrogen (secondary N) is 2. The van der Waals surface area contributed by atoms with Crippen LogP contribution >= 0.6 is 11.6 Å². The topological polar surface area (TPSA) is 64.7 Å². The SMILES string of the molecule is Cc1c(Cl)cccc1NC(=O)C(=O)NCCc1ccc(N2CCN(C)CC2)cc1. The smallest absolute Gasteiger partial charge is 0.313 e. The van der Waals surface area contributed by atoms with Crippen molar-refractivity contribution in [3.8, 4) is 0 Å². The van der Waals surface area contributed by atoms with E-state index in [0.717, 1.165) is 37.3 Å². The van der Waals surface area contributed by atoms with E-state index < -0.39 is 11.8 Å². The average molecular weight is 415 g/mol. The van der Waals surface area contributed by atoms with Gasteiger partial charge in [0.05, 0.1) is 0 Å². The number of nitrogens with zero attached hydrogens (tertiary/aromatic N) is 2. The van der Waals surface area contributed by atoms with Gasteiger partial charge in [-0.25, -0.2) is 0 Å². The predicted molar refractivity (Wildman–Crippen MR) is 118 cm³/mol. The maximum absolute atomic E-state index is 12.1. The average Bonchev–Trinajstić information content (AvgIpc) is 2.72. The van der Waals surface area contributed by atoms with E-state index in [1.165, 1.54) is 5.69 Å². The number of likely N-dealkylation sites (N-methyl/N-ethyl adjacent to an activating group) is 1. The molecule has 1 aliphatic heterocycles. The van der Waals surface area contributed by atoms with E-state index in [1.54, 1.807) is 25.1 Å². The molecule has 29 heavy (non-hydrogen) atoms. The summed E-state index contributed by atoms with van der Waals surface area (Å²) in [6.07, 6.45) is 0.665. The molecule has 154 valence electrons. The molecule has 0 unspecified atom stereocenters. The summed E-state index contributed by atoms with van der Waals surface area (Å²) in [7, 11) is 2.14. The third kappa shape index (κ3) is 5.71. The number of hydrogen-bond donors (Lipinski definition) is 2. The van der Waals surface area contributed by atoms with E-state index in [9.17, 15) is 9.59 Å². The molecule has 1 fully saturated rings. The van der Waals surface area contributed by atoms with Crippen molar-refractivity contribution >= 4 is 34.8 Å². The number of carbonyl (C=O) groups excluding carboxylic acids is 2. The fourth-order valence-electron chi connectivity index (χ4n) is 3.26. The molecule has 1 saturated heterocycles. The Hall–Kier alpha value is -2.57. The number of benzene rings is 2. The zero-order valence-corrected chi connectivity index (χ0v) is 17.6. The fourth-order valence-corrected chi connectivity index (χ4v) is 3.44. The first-order valence-electron chi connectivity index (χ1n) is 9.81. The van der Waals surface area contributed by atoms with Gasteiger partial charge in [0.2, 0.25) is 0 Å². The Morgan fingerprint density at radius 1 is 1.00 bits per heavy atom. The lowest BCUT2D eigenvalue weighted by atomic mass is 10.1. The van der Waals surface area contributed by atoms with E-state index in [4.69, 9.17) is 11.6 Å². The lowest BCUT2D eigenvalue weighted by Gasteiger charge is -2.34. The molecular weight excluding hydrogens is 388 g/mol. The molecule has 0 spiro atoms. The predicted octanol–water partition coefficient (Wildman–Crippen LogP) is 2.70. The Kier molecular flexibility index (Phi) is 7.12. The standard InChI is InChI=1S/C22H27ClN4O2/c1-16-19(23)4-3-5-20(16)25-22(29)21(28)24-11-10-17-6-8-18(9-7-17)27-14-12-26(2)13-15-27/h3-9H,10-15H2,1-2H3,(H,24,28)(H,25,29). The Balaban J connectivity index is 1.45. The summed E-state index contributed by atoms with van der Waals surface area (Å²) in [5.41, 5.74) is 3.62. The van der Waals surface area contributed by atoms with Crippen molar-refractivity contribution in [2.45, 2.75) is 13.3 Å². The Morgan fingerprint density at radius 2 is 1.69 bits per heavy atom. The largest absolute Gasteiger partial charge is 0.369 e. The summed E-state index contributed by atoms with van der Waals surface area (Å²) in [5.74, 6) is -1.35. The minimum absolute atomic E-state index is 0.397. The van der Waals surface area contributed by atoms with Gasteiger partial charge in [-0.05, 0) is 55.8 Å². The molecule has 0 radical (unpaired) electrons. The first kappa shape index (κ1) is 21.1. The van der Waals surface area contributed by atoms with Crippen LogP contribution in [0.4, 0.5) is 11.4 Å². The highest BCUT2D eigenvalue weighted by atomic mass is 35.5. The van der Waals surface area contributed by atoms with Crippen molar-refractivity contribution in [2.75, 3.05) is 50.0 Å². The Labute approximate surface area is 176 Å². The number of rotatable bonds is 5. The van der Waals surface area contributed by atoms with Gasteiger partial charge in [0.1, 0.15) is 0 Å². The van der Waals surface area contributed by atoms with E-state index in [0.29, 0.717) is 23.7 Å². The lowest BCUT2D eigenvalue weighted by molar-refractivity contribution is -0.136. The summed E-state index contributed by atoms with van der Waals surface area (Å²) in [4.78, 5) is 28.9. The fraction of sp³-hybridized carbons (Fsp3) is 0.364. The number of hydrogen-bond acceptors (Lipinski definition) is 4. The Morgan fingerprint density at radius 3 is 2.38 bits per heavy atom. The molecule has 2 amide bonds. The highest BCUT2D eigenvalue weighted by molar-refractivity contribution is 6.40. The maximum atomic E-state index is 12.1. The van der Waals surface area contributed by atoms with Gasteiger partial charge in [-0.15, -0.1) is 0 Å². The van der Waals surface area contributed by atoms with Crippen molar-refractivity contribution in [2.24, 2.45) is 0 Å². The van der Waals surface area contributed by atoms with Crippen LogP contribution in [-0.4, -0.2) is 56.5 Å². The highest BCUT2D eigenvalue weighted by Crippen LogP contribution is 2.22. The molecule has 1 aliphatic rings. The third-order valence-corrected chi connectivity index (χ3v) is 5.64. The minimum Gasteiger partial charge on any atom is -0.369 e. The molecule has 2 aromatic rings. The molecule has 7 heteroatoms. The minimum atomic E-state index is -0.694. The van der Waals surface area contributed by atoms with Crippen LogP contribution in [0.2, 0.25) is 5.02 Å². The molecule has 0 atom stereocenters. The summed E-state index contributed by atoms with van der Waals surface area (Å²) >= 11 is 6.04. The van der Waals surface area contributed by atoms with Gasteiger partial charge < -0.3 is 20.4 Å². The van der Waals surface area contributed by atoms with Crippen molar-refractivity contribution < 1.29 is 9.59 Å². The first-order chi connectivity index (χ1) is 13.9. The van der Waals surface area contributed by atoms with Gasteiger partial charge in [-0.2, -0.15) is 0 Å². The monoisotopic (exact) mass is 414 g/mol. The van der Waals surface area contributed by atoms with Crippen LogP contribution in [0, 0.1) is 6.92 Å². The maximum Gasteiger partial charge on any atom is 0.313 e. The van der Waals surface area contributed by atoms with E-state index >= 15 is 0 Å². The van der Waals surface area contributed by atoms with Crippen LogP contribution in [-0.2, 0) is 16.0 Å². The highest BCUT2D eigenvalue weighted by Gasteiger charge is 2.16. The van der Waals surface area contributed by atoms with Gasteiger partial charge in [-0.1, -0.05) is 29.8 Å². The molecule has 1 heterocycles. The second kappa shape index (κ2) is 9.76. The van der Waals surface area contributed by atoms with E-state index in [2.05, 4.69) is 51.7 Å². The van der Waals surface area contributed by atoms with Crippen molar-refractivity contribution in [1.29, 1.82) is 0 Å². The van der Waals surface area contributed by atoms with Gasteiger partial charge >= 0.3 is 11.8 Å². The van der Waals surface area contributed by atoms with Gasteiger partial charge in [0, 0.05) is 49.1 Å². The molecule has 0 bridgehead atoms. The lowest BCUT2D eigenvalue weighted by Crippen LogP contribution is -2.44. The van der Waals surface area contributed by atoms with Crippen LogP contribution in [0.3, 0.4) is 0 Å². The molecule has 2 N–H and O–H groups in total. The van der Waals surface area contributed by atoms with Crippen molar-refractivity contribution in [1.82, 2.24) is 10.2 Å². The number of anilines is 2. The summed E-state index contributed by atoms with van der Waals surface area (Å²) < 4.78 is 0. The normalized spacial score (nSPS) is 14.5. The molecule has 6 nitrogen and oxygen atoms in total. The summed E-state index contributed by atoms with van der Waals surface area (Å²) in [6, 6.07) is 13.6. The van der Waals surface area contributed by atoms with Crippen molar-refractivity contribution in [3.63, 3.8) is 0 Å². The van der Waals surface area contributed by atoms with Crippen LogP contribution in [0.1, 0.15) is 11.1 Å². The Bertz CT molecular complexity index is 862. The molecular formula is C22H27ClN4O2. The van der Waals surface area contributed by atoms with Gasteiger partial charge in [-0.3, -0.25) is 9.59 Å². The number of halogens is 1. The van der Waals surface area contributed by atoms with Crippen LogP contribution in [0.15, 0.2) is 42.5 Å². The zero-order chi connectivity index (χ0) is 20.8. The summed E-state index contributed by atoms with van der Waals surface area (Å²) in [6.45, 7) is 6.41. The second-order valence-electron chi connectivity index (χ2n) is 7.33. The quantitative estimate of drug-likeness (QED) is 0.738. The second-order valence-corrected chi connectivity index (χ2v) is 7.74. The van der Waals surface area contributed by atoms with E-state index in [-0.39, 0.29) is 0 Å². The van der Waals surface area contributed by atoms with Gasteiger partial charge in [0.15, 0.2) is 0 Å². The number of carbonyl (C=O) groups is 2. The zero-order valence-electron chi connectivity index (χ0n) is 16.9. The number of piperazine rings is 1.